The Labute approximate surface area is 100 Å². The molecule has 0 saturated heterocycles. The lowest BCUT2D eigenvalue weighted by atomic mass is 10.2. The summed E-state index contributed by atoms with van der Waals surface area (Å²) in [5.41, 5.74) is 6.66. The van der Waals surface area contributed by atoms with Crippen LogP contribution in [0.25, 0.3) is 5.52 Å². The maximum absolute atomic E-state index is 10.6. The summed E-state index contributed by atoms with van der Waals surface area (Å²) in [6.07, 6.45) is 1.67. The molecule has 0 bridgehead atoms. The van der Waals surface area contributed by atoms with Gasteiger partial charge in [0.05, 0.1) is 18.0 Å². The predicted molar refractivity (Wildman–Crippen MR) is 62.1 cm³/mol. The first kappa shape index (κ1) is 11.1. The minimum atomic E-state index is -0.934. The van der Waals surface area contributed by atoms with E-state index < -0.39 is 12.0 Å². The fourth-order valence-electron chi connectivity index (χ4n) is 1.56. The number of fused-ring (bicyclic) bond motifs is 1. The molecular formula is C10H10BrN3O2. The summed E-state index contributed by atoms with van der Waals surface area (Å²) in [6, 6.07) is 5.00. The average molecular weight is 284 g/mol. The zero-order valence-corrected chi connectivity index (χ0v) is 9.89. The smallest absolute Gasteiger partial charge is 0.305 e. The van der Waals surface area contributed by atoms with Crippen molar-refractivity contribution in [2.45, 2.75) is 12.5 Å². The fraction of sp³-hybridized carbons (Fsp3) is 0.200. The molecule has 3 N–H and O–H groups in total. The average Bonchev–Trinajstić information content (AvgIpc) is 2.56. The van der Waals surface area contributed by atoms with Gasteiger partial charge in [-0.15, -0.1) is 0 Å². The number of aliphatic carboxylic acids is 1. The molecule has 0 aliphatic heterocycles. The number of hydrogen-bond acceptors (Lipinski definition) is 3. The number of carboxylic acid groups (broad SMARTS) is 1. The van der Waals surface area contributed by atoms with Crippen LogP contribution < -0.4 is 5.73 Å². The highest BCUT2D eigenvalue weighted by molar-refractivity contribution is 9.10. The van der Waals surface area contributed by atoms with E-state index in [0.717, 1.165) is 5.52 Å². The number of carbonyl (C=O) groups is 1. The van der Waals surface area contributed by atoms with Gasteiger partial charge in [-0.05, 0) is 28.1 Å². The number of rotatable bonds is 3. The van der Waals surface area contributed by atoms with Crippen LogP contribution in [0.4, 0.5) is 0 Å². The number of imidazole rings is 1. The van der Waals surface area contributed by atoms with E-state index in [4.69, 9.17) is 10.8 Å². The molecule has 0 fully saturated rings. The van der Waals surface area contributed by atoms with Crippen LogP contribution in [-0.2, 0) is 4.79 Å². The van der Waals surface area contributed by atoms with Gasteiger partial charge in [-0.2, -0.15) is 0 Å². The zero-order chi connectivity index (χ0) is 11.7. The molecule has 0 aliphatic carbocycles. The molecule has 1 unspecified atom stereocenters. The highest BCUT2D eigenvalue weighted by Gasteiger charge is 2.17. The third kappa shape index (κ3) is 1.94. The Morgan fingerprint density at radius 1 is 1.62 bits per heavy atom. The van der Waals surface area contributed by atoms with Crippen LogP contribution in [0.1, 0.15) is 18.3 Å². The van der Waals surface area contributed by atoms with Crippen LogP contribution >= 0.6 is 15.9 Å². The molecule has 0 aliphatic rings. The van der Waals surface area contributed by atoms with Gasteiger partial charge in [-0.3, -0.25) is 4.79 Å². The quantitative estimate of drug-likeness (QED) is 0.896. The van der Waals surface area contributed by atoms with Crippen molar-refractivity contribution < 1.29 is 9.90 Å². The highest BCUT2D eigenvalue weighted by Crippen LogP contribution is 2.22. The molecule has 2 rings (SSSR count). The molecule has 0 amide bonds. The Hall–Kier alpha value is -1.40. The van der Waals surface area contributed by atoms with Crippen molar-refractivity contribution in [2.75, 3.05) is 0 Å². The molecule has 0 saturated carbocycles. The normalized spacial score (nSPS) is 12.9. The molecule has 6 heteroatoms. The summed E-state index contributed by atoms with van der Waals surface area (Å²) in [5.74, 6) is -0.388. The molecule has 16 heavy (non-hydrogen) atoms. The molecule has 0 radical (unpaired) electrons. The van der Waals surface area contributed by atoms with Crippen LogP contribution in [-0.4, -0.2) is 20.5 Å². The standard InChI is InChI=1S/C10H10BrN3O2/c11-9-7-3-1-2-4-14(7)10(13-9)6(12)5-8(15)16/h1-4,6H,5,12H2,(H,15,16). The number of pyridine rings is 1. The number of halogens is 1. The maximum Gasteiger partial charge on any atom is 0.305 e. The lowest BCUT2D eigenvalue weighted by Gasteiger charge is -2.07. The Morgan fingerprint density at radius 3 is 3.06 bits per heavy atom. The van der Waals surface area contributed by atoms with Crippen LogP contribution in [0.2, 0.25) is 0 Å². The van der Waals surface area contributed by atoms with Gasteiger partial charge in [-0.25, -0.2) is 4.98 Å². The van der Waals surface area contributed by atoms with Crippen LogP contribution in [0.3, 0.4) is 0 Å². The first-order chi connectivity index (χ1) is 7.59. The number of aromatic nitrogens is 2. The van der Waals surface area contributed by atoms with Gasteiger partial charge in [0.1, 0.15) is 10.4 Å². The van der Waals surface area contributed by atoms with Gasteiger partial charge in [0.25, 0.3) is 0 Å². The van der Waals surface area contributed by atoms with Crippen molar-refractivity contribution in [1.82, 2.24) is 9.38 Å². The SMILES string of the molecule is NC(CC(=O)O)c1nc(Br)c2ccccn12. The lowest BCUT2D eigenvalue weighted by Crippen LogP contribution is -2.17. The van der Waals surface area contributed by atoms with Crippen molar-refractivity contribution in [2.24, 2.45) is 5.73 Å². The van der Waals surface area contributed by atoms with Crippen molar-refractivity contribution in [3.8, 4) is 0 Å². The summed E-state index contributed by atoms with van der Waals surface area (Å²) in [4.78, 5) is 14.8. The van der Waals surface area contributed by atoms with E-state index in [2.05, 4.69) is 20.9 Å². The third-order valence-corrected chi connectivity index (χ3v) is 2.84. The van der Waals surface area contributed by atoms with Crippen molar-refractivity contribution in [3.05, 3.63) is 34.8 Å². The van der Waals surface area contributed by atoms with Crippen molar-refractivity contribution in [1.29, 1.82) is 0 Å². The van der Waals surface area contributed by atoms with Gasteiger partial charge >= 0.3 is 5.97 Å². The highest BCUT2D eigenvalue weighted by atomic mass is 79.9. The lowest BCUT2D eigenvalue weighted by molar-refractivity contribution is -0.137. The van der Waals surface area contributed by atoms with Gasteiger partial charge in [-0.1, -0.05) is 6.07 Å². The first-order valence-electron chi connectivity index (χ1n) is 4.69. The van der Waals surface area contributed by atoms with E-state index in [1.165, 1.54) is 0 Å². The van der Waals surface area contributed by atoms with E-state index in [0.29, 0.717) is 10.4 Å². The molecule has 2 heterocycles. The number of carboxylic acids is 1. The van der Waals surface area contributed by atoms with Crippen LogP contribution in [0, 0.1) is 0 Å². The summed E-state index contributed by atoms with van der Waals surface area (Å²) in [7, 11) is 0. The molecular weight excluding hydrogens is 274 g/mol. The summed E-state index contributed by atoms with van der Waals surface area (Å²) in [6.45, 7) is 0. The van der Waals surface area contributed by atoms with E-state index in [-0.39, 0.29) is 6.42 Å². The van der Waals surface area contributed by atoms with E-state index >= 15 is 0 Å². The Morgan fingerprint density at radius 2 is 2.38 bits per heavy atom. The van der Waals surface area contributed by atoms with E-state index in [9.17, 15) is 4.79 Å². The number of hydrogen-bond donors (Lipinski definition) is 2. The van der Waals surface area contributed by atoms with Crippen molar-refractivity contribution >= 4 is 27.4 Å². The summed E-state index contributed by atoms with van der Waals surface area (Å²) < 4.78 is 2.46. The summed E-state index contributed by atoms with van der Waals surface area (Å²) >= 11 is 3.32. The van der Waals surface area contributed by atoms with Gasteiger partial charge in [0.15, 0.2) is 0 Å². The monoisotopic (exact) mass is 283 g/mol. The molecule has 0 aromatic carbocycles. The Kier molecular flexibility index (Phi) is 2.93. The second kappa shape index (κ2) is 4.23. The molecule has 2 aromatic heterocycles. The fourth-order valence-corrected chi connectivity index (χ4v) is 2.07. The van der Waals surface area contributed by atoms with Gasteiger partial charge < -0.3 is 15.2 Å². The largest absolute Gasteiger partial charge is 0.481 e. The predicted octanol–water partition coefficient (Wildman–Crippen LogP) is 1.57. The van der Waals surface area contributed by atoms with Crippen LogP contribution in [0.15, 0.2) is 29.0 Å². The van der Waals surface area contributed by atoms with E-state index in [1.807, 2.05) is 24.4 Å². The minimum absolute atomic E-state index is 0.138. The van der Waals surface area contributed by atoms with Gasteiger partial charge in [0, 0.05) is 6.20 Å². The van der Waals surface area contributed by atoms with E-state index in [1.54, 1.807) is 4.40 Å². The zero-order valence-electron chi connectivity index (χ0n) is 8.30. The summed E-state index contributed by atoms with van der Waals surface area (Å²) in [5, 5.41) is 8.70. The topological polar surface area (TPSA) is 80.6 Å². The molecule has 5 nitrogen and oxygen atoms in total. The first-order valence-corrected chi connectivity index (χ1v) is 5.48. The Balaban J connectivity index is 2.48. The maximum atomic E-state index is 10.6. The molecule has 0 spiro atoms. The number of nitrogens with two attached hydrogens (primary N) is 1. The molecule has 84 valence electrons. The number of nitrogens with zero attached hydrogens (tertiary/aromatic N) is 2. The Bertz CT molecular complexity index is 538. The second-order valence-corrected chi connectivity index (χ2v) is 4.17. The molecule has 1 atom stereocenters. The molecule has 2 aromatic rings. The van der Waals surface area contributed by atoms with Crippen molar-refractivity contribution in [3.63, 3.8) is 0 Å². The minimum Gasteiger partial charge on any atom is -0.481 e. The van der Waals surface area contributed by atoms with Crippen LogP contribution in [0.5, 0.6) is 0 Å². The van der Waals surface area contributed by atoms with Gasteiger partial charge in [0.2, 0.25) is 0 Å². The third-order valence-electron chi connectivity index (χ3n) is 2.26. The second-order valence-electron chi connectivity index (χ2n) is 3.42.